The highest BCUT2D eigenvalue weighted by molar-refractivity contribution is 14.0. The van der Waals surface area contributed by atoms with Crippen LogP contribution >= 0.6 is 24.0 Å². The lowest BCUT2D eigenvalue weighted by atomic mass is 9.87. The zero-order valence-electron chi connectivity index (χ0n) is 14.4. The van der Waals surface area contributed by atoms with Crippen LogP contribution in [0.1, 0.15) is 44.9 Å². The van der Waals surface area contributed by atoms with E-state index in [1.165, 1.54) is 44.9 Å². The molecule has 2 heterocycles. The third-order valence-corrected chi connectivity index (χ3v) is 5.43. The predicted molar refractivity (Wildman–Crippen MR) is 104 cm³/mol. The van der Waals surface area contributed by atoms with E-state index >= 15 is 0 Å². The number of hydrogen-bond donors (Lipinski definition) is 1. The molecule has 3 fully saturated rings. The molecule has 1 saturated carbocycles. The third kappa shape index (κ3) is 5.19. The van der Waals surface area contributed by atoms with E-state index in [4.69, 9.17) is 9.47 Å². The van der Waals surface area contributed by atoms with Gasteiger partial charge in [-0.3, -0.25) is 4.99 Å². The van der Waals surface area contributed by atoms with Crippen LogP contribution in [0.5, 0.6) is 0 Å². The summed E-state index contributed by atoms with van der Waals surface area (Å²) in [4.78, 5) is 6.83. The molecule has 1 aliphatic carbocycles. The second-order valence-electron chi connectivity index (χ2n) is 7.08. The molecule has 3 aliphatic rings. The number of guanidine groups is 1. The Morgan fingerprint density at radius 2 is 2.13 bits per heavy atom. The lowest BCUT2D eigenvalue weighted by Crippen LogP contribution is -2.42. The van der Waals surface area contributed by atoms with Gasteiger partial charge in [0.2, 0.25) is 0 Å². The molecule has 1 spiro atoms. The summed E-state index contributed by atoms with van der Waals surface area (Å²) in [6.45, 7) is 5.65. The summed E-state index contributed by atoms with van der Waals surface area (Å²) < 4.78 is 11.6. The Morgan fingerprint density at radius 3 is 2.83 bits per heavy atom. The highest BCUT2D eigenvalue weighted by Crippen LogP contribution is 2.38. The van der Waals surface area contributed by atoms with Crippen molar-refractivity contribution >= 4 is 29.9 Å². The number of likely N-dealkylation sites (tertiary alicyclic amines) is 1. The number of hydrogen-bond acceptors (Lipinski definition) is 3. The van der Waals surface area contributed by atoms with Crippen molar-refractivity contribution in [2.75, 3.05) is 46.5 Å². The van der Waals surface area contributed by atoms with Crippen LogP contribution in [0.15, 0.2) is 4.99 Å². The van der Waals surface area contributed by atoms with Gasteiger partial charge in [-0.25, -0.2) is 0 Å². The largest absolute Gasteiger partial charge is 0.381 e. The fraction of sp³-hybridized carbons (Fsp3) is 0.941. The van der Waals surface area contributed by atoms with Gasteiger partial charge in [0.25, 0.3) is 0 Å². The van der Waals surface area contributed by atoms with Crippen LogP contribution in [0.2, 0.25) is 0 Å². The van der Waals surface area contributed by atoms with E-state index in [9.17, 15) is 0 Å². The Hall–Kier alpha value is -0.0800. The molecule has 0 aromatic heterocycles. The van der Waals surface area contributed by atoms with Crippen molar-refractivity contribution in [3.8, 4) is 0 Å². The topological polar surface area (TPSA) is 46.1 Å². The van der Waals surface area contributed by atoms with E-state index in [-0.39, 0.29) is 24.0 Å². The number of halogens is 1. The van der Waals surface area contributed by atoms with Crippen LogP contribution < -0.4 is 5.32 Å². The van der Waals surface area contributed by atoms with Gasteiger partial charge >= 0.3 is 0 Å². The zero-order valence-corrected chi connectivity index (χ0v) is 16.7. The van der Waals surface area contributed by atoms with Crippen LogP contribution in [0.3, 0.4) is 0 Å². The van der Waals surface area contributed by atoms with Crippen LogP contribution in [0.4, 0.5) is 0 Å². The summed E-state index contributed by atoms with van der Waals surface area (Å²) in [7, 11) is 1.88. The predicted octanol–water partition coefficient (Wildman–Crippen LogP) is 2.64. The molecule has 2 saturated heterocycles. The van der Waals surface area contributed by atoms with Gasteiger partial charge in [-0.15, -0.1) is 24.0 Å². The minimum absolute atomic E-state index is 0. The standard InChI is InChI=1S/C17H31N3O2.HI/c1-18-16(19-9-12-22-15-5-3-2-4-6-15)20-10-7-17(13-20)8-11-21-14-17;/h15H,2-14H2,1H3,(H,18,19);1H. The Labute approximate surface area is 157 Å². The van der Waals surface area contributed by atoms with Crippen molar-refractivity contribution in [1.29, 1.82) is 0 Å². The summed E-state index contributed by atoms with van der Waals surface area (Å²) in [5.41, 5.74) is 0.385. The SMILES string of the molecule is CN=C(NCCOC1CCCCC1)N1CCC2(CCOC2)C1.I. The monoisotopic (exact) mass is 437 g/mol. The van der Waals surface area contributed by atoms with Gasteiger partial charge in [0.1, 0.15) is 0 Å². The molecule has 134 valence electrons. The van der Waals surface area contributed by atoms with E-state index < -0.39 is 0 Å². The highest BCUT2D eigenvalue weighted by atomic mass is 127. The molecular weight excluding hydrogens is 405 g/mol. The van der Waals surface area contributed by atoms with E-state index in [0.29, 0.717) is 11.5 Å². The van der Waals surface area contributed by atoms with E-state index in [2.05, 4.69) is 15.2 Å². The molecule has 1 atom stereocenters. The van der Waals surface area contributed by atoms with Crippen LogP contribution in [0, 0.1) is 5.41 Å². The maximum absolute atomic E-state index is 5.98. The van der Waals surface area contributed by atoms with Crippen molar-refractivity contribution in [2.24, 2.45) is 10.4 Å². The van der Waals surface area contributed by atoms with Gasteiger partial charge in [-0.05, 0) is 25.7 Å². The molecule has 5 nitrogen and oxygen atoms in total. The third-order valence-electron chi connectivity index (χ3n) is 5.43. The highest BCUT2D eigenvalue weighted by Gasteiger charge is 2.42. The zero-order chi connectivity index (χ0) is 15.3. The second kappa shape index (κ2) is 9.42. The Kier molecular flexibility index (Phi) is 7.88. The van der Waals surface area contributed by atoms with Crippen molar-refractivity contribution in [3.05, 3.63) is 0 Å². The van der Waals surface area contributed by atoms with Crippen molar-refractivity contribution in [2.45, 2.75) is 51.0 Å². The molecule has 0 bridgehead atoms. The normalized spacial score (nSPS) is 29.1. The first-order valence-electron chi connectivity index (χ1n) is 8.96. The fourth-order valence-electron chi connectivity index (χ4n) is 4.04. The maximum Gasteiger partial charge on any atom is 0.193 e. The van der Waals surface area contributed by atoms with Crippen molar-refractivity contribution in [3.63, 3.8) is 0 Å². The molecular formula is C17H32IN3O2. The van der Waals surface area contributed by atoms with Gasteiger partial charge in [0.15, 0.2) is 5.96 Å². The van der Waals surface area contributed by atoms with Gasteiger partial charge in [-0.2, -0.15) is 0 Å². The minimum atomic E-state index is 0. The molecule has 2 aliphatic heterocycles. The lowest BCUT2D eigenvalue weighted by Gasteiger charge is -2.25. The molecule has 0 aromatic carbocycles. The van der Waals surface area contributed by atoms with Crippen LogP contribution in [0.25, 0.3) is 0 Å². The fourth-order valence-corrected chi connectivity index (χ4v) is 4.04. The smallest absolute Gasteiger partial charge is 0.193 e. The Morgan fingerprint density at radius 1 is 1.30 bits per heavy atom. The lowest BCUT2D eigenvalue weighted by molar-refractivity contribution is 0.0316. The van der Waals surface area contributed by atoms with Crippen molar-refractivity contribution in [1.82, 2.24) is 10.2 Å². The molecule has 0 amide bonds. The van der Waals surface area contributed by atoms with Gasteiger partial charge < -0.3 is 19.7 Å². The second-order valence-corrected chi connectivity index (χ2v) is 7.08. The summed E-state index contributed by atoms with van der Waals surface area (Å²) in [6.07, 6.45) is 9.44. The molecule has 0 radical (unpaired) electrons. The molecule has 6 heteroatoms. The average molecular weight is 437 g/mol. The summed E-state index contributed by atoms with van der Waals surface area (Å²) >= 11 is 0. The average Bonchev–Trinajstić information content (AvgIpc) is 3.19. The van der Waals surface area contributed by atoms with Crippen molar-refractivity contribution < 1.29 is 9.47 Å². The number of nitrogens with one attached hydrogen (secondary N) is 1. The van der Waals surface area contributed by atoms with Crippen LogP contribution in [-0.2, 0) is 9.47 Å². The molecule has 23 heavy (non-hydrogen) atoms. The first kappa shape index (κ1) is 19.2. The molecule has 1 unspecified atom stereocenters. The van der Waals surface area contributed by atoms with Gasteiger partial charge in [0, 0.05) is 38.7 Å². The summed E-state index contributed by atoms with van der Waals surface area (Å²) in [5, 5.41) is 3.47. The van der Waals surface area contributed by atoms with Gasteiger partial charge in [0.05, 0.1) is 19.3 Å². The molecule has 1 N–H and O–H groups in total. The van der Waals surface area contributed by atoms with Gasteiger partial charge in [-0.1, -0.05) is 19.3 Å². The number of aliphatic imine (C=N–C) groups is 1. The summed E-state index contributed by atoms with van der Waals surface area (Å²) in [6, 6.07) is 0. The molecule has 0 aromatic rings. The van der Waals surface area contributed by atoms with E-state index in [1.54, 1.807) is 0 Å². The number of ether oxygens (including phenoxy) is 2. The first-order chi connectivity index (χ1) is 10.8. The minimum Gasteiger partial charge on any atom is -0.381 e. The first-order valence-corrected chi connectivity index (χ1v) is 8.96. The quantitative estimate of drug-likeness (QED) is 0.318. The van der Waals surface area contributed by atoms with E-state index in [0.717, 1.165) is 45.4 Å². The number of rotatable bonds is 4. The number of nitrogens with zero attached hydrogens (tertiary/aromatic N) is 2. The Bertz CT molecular complexity index is 380. The summed E-state index contributed by atoms with van der Waals surface area (Å²) in [5.74, 6) is 1.02. The molecule has 3 rings (SSSR count). The van der Waals surface area contributed by atoms with Crippen LogP contribution in [-0.4, -0.2) is 63.5 Å². The maximum atomic E-state index is 5.98. The van der Waals surface area contributed by atoms with E-state index in [1.807, 2.05) is 7.05 Å². The Balaban J connectivity index is 0.00000192.